The first-order valence-corrected chi connectivity index (χ1v) is 14.0. The third kappa shape index (κ3) is 5.26. The minimum atomic E-state index is -3.87. The second-order valence-corrected chi connectivity index (χ2v) is 12.2. The van der Waals surface area contributed by atoms with E-state index in [1.54, 1.807) is 12.1 Å². The van der Waals surface area contributed by atoms with Crippen LogP contribution in [0.5, 0.6) is 0 Å². The minimum Gasteiger partial charge on any atom is -0.468 e. The number of sulfonamides is 2. The average Bonchev–Trinajstić information content (AvgIpc) is 3.42. The first-order chi connectivity index (χ1) is 15.4. The number of nitrogens with zero attached hydrogens (tertiary/aromatic N) is 2. The molecule has 0 bridgehead atoms. The van der Waals surface area contributed by atoms with Crippen LogP contribution < -0.4 is 0 Å². The molecule has 2 aliphatic rings. The molecule has 0 amide bonds. The molecule has 0 saturated carbocycles. The van der Waals surface area contributed by atoms with Gasteiger partial charge in [0.1, 0.15) is 5.76 Å². The van der Waals surface area contributed by atoms with Gasteiger partial charge in [-0.3, -0.25) is 0 Å². The number of ether oxygens (including phenoxy) is 1. The Kier molecular flexibility index (Phi) is 7.36. The topological polar surface area (TPSA) is 97.1 Å². The highest BCUT2D eigenvalue weighted by Gasteiger charge is 2.31. The summed E-state index contributed by atoms with van der Waals surface area (Å²) in [7, 11) is -7.51. The van der Waals surface area contributed by atoms with E-state index in [2.05, 4.69) is 0 Å². The zero-order valence-electron chi connectivity index (χ0n) is 18.1. The summed E-state index contributed by atoms with van der Waals surface area (Å²) >= 11 is 0. The molecular formula is C22H30N2O6S2. The SMILES string of the molecule is O=S(=O)(c1ccc(S(=O)(=O)N(Cc2ccco2)CC2CCCO2)cc1)N1CCCCCC1. The van der Waals surface area contributed by atoms with Crippen LogP contribution >= 0.6 is 0 Å². The molecule has 1 aromatic carbocycles. The fraction of sp³-hybridized carbons (Fsp3) is 0.545. The molecule has 32 heavy (non-hydrogen) atoms. The van der Waals surface area contributed by atoms with E-state index in [9.17, 15) is 16.8 Å². The monoisotopic (exact) mass is 482 g/mol. The van der Waals surface area contributed by atoms with Gasteiger partial charge in [-0.1, -0.05) is 12.8 Å². The van der Waals surface area contributed by atoms with Crippen LogP contribution in [-0.2, 0) is 31.3 Å². The summed E-state index contributed by atoms with van der Waals surface area (Å²) in [6.07, 6.45) is 6.79. The van der Waals surface area contributed by atoms with E-state index in [4.69, 9.17) is 9.15 Å². The van der Waals surface area contributed by atoms with Crippen LogP contribution in [0.1, 0.15) is 44.3 Å². The Morgan fingerprint density at radius 1 is 0.906 bits per heavy atom. The van der Waals surface area contributed by atoms with Gasteiger partial charge in [0, 0.05) is 26.2 Å². The maximum Gasteiger partial charge on any atom is 0.243 e. The maximum atomic E-state index is 13.4. The molecule has 4 rings (SSSR count). The largest absolute Gasteiger partial charge is 0.468 e. The molecule has 2 fully saturated rings. The first kappa shape index (κ1) is 23.4. The van der Waals surface area contributed by atoms with Crippen molar-refractivity contribution in [1.82, 2.24) is 8.61 Å². The van der Waals surface area contributed by atoms with Crippen LogP contribution in [-0.4, -0.2) is 57.8 Å². The predicted octanol–water partition coefficient (Wildman–Crippen LogP) is 3.21. The second-order valence-electron chi connectivity index (χ2n) is 8.30. The zero-order chi connectivity index (χ0) is 22.6. The standard InChI is InChI=1S/C22H30N2O6S2/c25-31(26,23-13-3-1-2-4-14-23)21-9-11-22(12-10-21)32(27,28)24(17-19-7-5-15-29-19)18-20-8-6-16-30-20/h5,7,9-12,15,20H,1-4,6,8,13-14,16-18H2. The molecular weight excluding hydrogens is 452 g/mol. The van der Waals surface area contributed by atoms with Crippen molar-refractivity contribution in [3.05, 3.63) is 48.4 Å². The zero-order valence-corrected chi connectivity index (χ0v) is 19.7. The van der Waals surface area contributed by atoms with Crippen LogP contribution in [0.3, 0.4) is 0 Å². The summed E-state index contributed by atoms with van der Waals surface area (Å²) in [5.41, 5.74) is 0. The third-order valence-corrected chi connectivity index (χ3v) is 9.75. The minimum absolute atomic E-state index is 0.0527. The van der Waals surface area contributed by atoms with Crippen molar-refractivity contribution in [1.29, 1.82) is 0 Å². The molecule has 2 aromatic rings. The van der Waals surface area contributed by atoms with Crippen molar-refractivity contribution in [2.24, 2.45) is 0 Å². The van der Waals surface area contributed by atoms with Crippen LogP contribution in [0, 0.1) is 0 Å². The molecule has 2 aliphatic heterocycles. The lowest BCUT2D eigenvalue weighted by Gasteiger charge is -2.24. The summed E-state index contributed by atoms with van der Waals surface area (Å²) < 4.78 is 66.7. The lowest BCUT2D eigenvalue weighted by molar-refractivity contribution is 0.0914. The highest BCUT2D eigenvalue weighted by Crippen LogP contribution is 2.25. The van der Waals surface area contributed by atoms with E-state index >= 15 is 0 Å². The predicted molar refractivity (Wildman–Crippen MR) is 119 cm³/mol. The van der Waals surface area contributed by atoms with Gasteiger partial charge in [0.05, 0.1) is 28.7 Å². The van der Waals surface area contributed by atoms with Crippen molar-refractivity contribution >= 4 is 20.0 Å². The Morgan fingerprint density at radius 2 is 1.59 bits per heavy atom. The van der Waals surface area contributed by atoms with Crippen LogP contribution in [0.4, 0.5) is 0 Å². The highest BCUT2D eigenvalue weighted by molar-refractivity contribution is 7.89. The Hall–Kier alpha value is -1.72. The molecule has 0 aliphatic carbocycles. The molecule has 2 saturated heterocycles. The van der Waals surface area contributed by atoms with Crippen molar-refractivity contribution in [2.75, 3.05) is 26.2 Å². The number of hydrogen-bond acceptors (Lipinski definition) is 6. The van der Waals surface area contributed by atoms with Gasteiger partial charge in [-0.25, -0.2) is 16.8 Å². The van der Waals surface area contributed by atoms with Gasteiger partial charge < -0.3 is 9.15 Å². The van der Waals surface area contributed by atoms with E-state index in [0.717, 1.165) is 38.5 Å². The fourth-order valence-corrected chi connectivity index (χ4v) is 7.16. The number of benzene rings is 1. The van der Waals surface area contributed by atoms with E-state index in [0.29, 0.717) is 25.5 Å². The van der Waals surface area contributed by atoms with Gasteiger partial charge in [-0.15, -0.1) is 0 Å². The molecule has 10 heteroatoms. The normalized spacial score (nSPS) is 21.1. The smallest absolute Gasteiger partial charge is 0.243 e. The lowest BCUT2D eigenvalue weighted by Crippen LogP contribution is -2.37. The van der Waals surface area contributed by atoms with Crippen molar-refractivity contribution in [3.8, 4) is 0 Å². The Balaban J connectivity index is 1.57. The van der Waals surface area contributed by atoms with Gasteiger partial charge in [0.2, 0.25) is 20.0 Å². The highest BCUT2D eigenvalue weighted by atomic mass is 32.2. The Labute approximate surface area is 190 Å². The molecule has 0 radical (unpaired) electrons. The fourth-order valence-electron chi connectivity index (χ4n) is 4.20. The quantitative estimate of drug-likeness (QED) is 0.573. The van der Waals surface area contributed by atoms with Gasteiger partial charge in [0.25, 0.3) is 0 Å². The second kappa shape index (κ2) is 10.0. The van der Waals surface area contributed by atoms with Crippen LogP contribution in [0.25, 0.3) is 0 Å². The lowest BCUT2D eigenvalue weighted by atomic mass is 10.2. The first-order valence-electron chi connectivity index (χ1n) is 11.1. The number of furan rings is 1. The Morgan fingerprint density at radius 3 is 2.19 bits per heavy atom. The molecule has 0 spiro atoms. The maximum absolute atomic E-state index is 13.4. The molecule has 3 heterocycles. The van der Waals surface area contributed by atoms with Gasteiger partial charge >= 0.3 is 0 Å². The van der Waals surface area contributed by atoms with E-state index < -0.39 is 20.0 Å². The molecule has 1 aromatic heterocycles. The van der Waals surface area contributed by atoms with Crippen LogP contribution in [0.15, 0.2) is 56.9 Å². The molecule has 1 atom stereocenters. The molecule has 1 unspecified atom stereocenters. The third-order valence-electron chi connectivity index (χ3n) is 6.01. The number of rotatable bonds is 8. The summed E-state index contributed by atoms with van der Waals surface area (Å²) in [6.45, 7) is 1.93. The van der Waals surface area contributed by atoms with Crippen molar-refractivity contribution in [3.63, 3.8) is 0 Å². The van der Waals surface area contributed by atoms with Gasteiger partial charge in [0.15, 0.2) is 0 Å². The van der Waals surface area contributed by atoms with Crippen molar-refractivity contribution < 1.29 is 26.0 Å². The summed E-state index contributed by atoms with van der Waals surface area (Å²) in [5.74, 6) is 0.534. The van der Waals surface area contributed by atoms with Gasteiger partial charge in [-0.2, -0.15) is 8.61 Å². The molecule has 0 N–H and O–H groups in total. The summed E-state index contributed by atoms with van der Waals surface area (Å²) in [4.78, 5) is 0.173. The van der Waals surface area contributed by atoms with Crippen LogP contribution in [0.2, 0.25) is 0 Å². The van der Waals surface area contributed by atoms with E-state index in [1.807, 2.05) is 0 Å². The van der Waals surface area contributed by atoms with Crippen molar-refractivity contribution in [2.45, 2.75) is 61.0 Å². The average molecular weight is 483 g/mol. The van der Waals surface area contributed by atoms with E-state index in [-0.39, 0.29) is 29.0 Å². The summed E-state index contributed by atoms with van der Waals surface area (Å²) in [5, 5.41) is 0. The number of hydrogen-bond donors (Lipinski definition) is 0. The van der Waals surface area contributed by atoms with Gasteiger partial charge in [-0.05, 0) is 62.1 Å². The van der Waals surface area contributed by atoms with E-state index in [1.165, 1.54) is 39.1 Å². The molecule has 8 nitrogen and oxygen atoms in total. The summed E-state index contributed by atoms with van der Waals surface area (Å²) in [6, 6.07) is 8.99. The molecule has 176 valence electrons. The Bertz CT molecular complexity index is 1070.